The fraction of sp³-hybridized carbons (Fsp3) is 0.500. The molecule has 1 aliphatic heterocycles. The molecule has 2 amide bonds. The average Bonchev–Trinajstić information content (AvgIpc) is 2.96. The van der Waals surface area contributed by atoms with Gasteiger partial charge in [-0.2, -0.15) is 0 Å². The lowest BCUT2D eigenvalue weighted by Gasteiger charge is -2.23. The molecule has 0 spiro atoms. The van der Waals surface area contributed by atoms with Crippen LogP contribution >= 0.6 is 15.9 Å². The van der Waals surface area contributed by atoms with E-state index in [1.807, 2.05) is 30.0 Å². The molecule has 1 heterocycles. The van der Waals surface area contributed by atoms with Gasteiger partial charge in [0.2, 0.25) is 11.8 Å². The lowest BCUT2D eigenvalue weighted by Crippen LogP contribution is -2.35. The minimum atomic E-state index is -0.0417. The smallest absolute Gasteiger partial charge is 0.224 e. The second-order valence-corrected chi connectivity index (χ2v) is 6.30. The van der Waals surface area contributed by atoms with Crippen molar-refractivity contribution >= 4 is 33.4 Å². The summed E-state index contributed by atoms with van der Waals surface area (Å²) in [6, 6.07) is 5.82. The van der Waals surface area contributed by atoms with Crippen LogP contribution in [0.25, 0.3) is 0 Å². The molecule has 114 valence electrons. The molecule has 0 unspecified atom stereocenters. The van der Waals surface area contributed by atoms with E-state index in [0.29, 0.717) is 13.0 Å². The summed E-state index contributed by atoms with van der Waals surface area (Å²) >= 11 is 3.48. The molecule has 2 rings (SSSR count). The normalized spacial score (nSPS) is 14.3. The molecule has 1 fully saturated rings. The van der Waals surface area contributed by atoms with Gasteiger partial charge < -0.3 is 9.80 Å². The fourth-order valence-electron chi connectivity index (χ4n) is 2.55. The zero-order valence-corrected chi connectivity index (χ0v) is 14.1. The third kappa shape index (κ3) is 4.06. The second kappa shape index (κ2) is 7.07. The Bertz CT molecular complexity index is 539. The van der Waals surface area contributed by atoms with E-state index < -0.39 is 0 Å². The molecule has 0 atom stereocenters. The van der Waals surface area contributed by atoms with Gasteiger partial charge in [-0.3, -0.25) is 9.59 Å². The van der Waals surface area contributed by atoms with Crippen LogP contribution in [0.1, 0.15) is 31.7 Å². The molecule has 1 aromatic rings. The first-order valence-electron chi connectivity index (χ1n) is 7.31. The standard InChI is InChI=1S/C16H21BrN2O2/c1-12-5-6-14(11-15(12)17)19(13(2)20)10-7-16(21)18-8-3-4-9-18/h5-6,11H,3-4,7-10H2,1-2H3. The zero-order chi connectivity index (χ0) is 15.4. The molecular weight excluding hydrogens is 332 g/mol. The van der Waals surface area contributed by atoms with E-state index in [9.17, 15) is 9.59 Å². The minimum absolute atomic E-state index is 0.0417. The summed E-state index contributed by atoms with van der Waals surface area (Å²) in [4.78, 5) is 27.5. The zero-order valence-electron chi connectivity index (χ0n) is 12.6. The minimum Gasteiger partial charge on any atom is -0.343 e. The second-order valence-electron chi connectivity index (χ2n) is 5.44. The van der Waals surface area contributed by atoms with Crippen molar-refractivity contribution in [3.05, 3.63) is 28.2 Å². The largest absolute Gasteiger partial charge is 0.343 e. The Hall–Kier alpha value is -1.36. The van der Waals surface area contributed by atoms with Crippen molar-refractivity contribution in [3.8, 4) is 0 Å². The van der Waals surface area contributed by atoms with Crippen LogP contribution in [0.4, 0.5) is 5.69 Å². The number of anilines is 1. The number of hydrogen-bond acceptors (Lipinski definition) is 2. The van der Waals surface area contributed by atoms with Crippen LogP contribution in [-0.2, 0) is 9.59 Å². The van der Waals surface area contributed by atoms with Gasteiger partial charge in [-0.05, 0) is 37.5 Å². The maximum absolute atomic E-state index is 12.1. The van der Waals surface area contributed by atoms with Gasteiger partial charge in [0.15, 0.2) is 0 Å². The number of halogens is 1. The van der Waals surface area contributed by atoms with Crippen molar-refractivity contribution in [2.75, 3.05) is 24.5 Å². The molecule has 0 aliphatic carbocycles. The quantitative estimate of drug-likeness (QED) is 0.835. The van der Waals surface area contributed by atoms with E-state index in [2.05, 4.69) is 15.9 Å². The molecule has 4 nitrogen and oxygen atoms in total. The van der Waals surface area contributed by atoms with Crippen LogP contribution in [0.15, 0.2) is 22.7 Å². The van der Waals surface area contributed by atoms with E-state index in [1.54, 1.807) is 4.90 Å². The van der Waals surface area contributed by atoms with Gasteiger partial charge in [-0.15, -0.1) is 0 Å². The van der Waals surface area contributed by atoms with E-state index >= 15 is 0 Å². The van der Waals surface area contributed by atoms with E-state index in [1.165, 1.54) is 6.92 Å². The highest BCUT2D eigenvalue weighted by Gasteiger charge is 2.20. The van der Waals surface area contributed by atoms with Gasteiger partial charge in [0.05, 0.1) is 0 Å². The third-order valence-electron chi connectivity index (χ3n) is 3.86. The van der Waals surface area contributed by atoms with Crippen LogP contribution < -0.4 is 4.90 Å². The van der Waals surface area contributed by atoms with E-state index in [-0.39, 0.29) is 11.8 Å². The van der Waals surface area contributed by atoms with Gasteiger partial charge in [0, 0.05) is 43.1 Å². The first kappa shape index (κ1) is 16.0. The van der Waals surface area contributed by atoms with Gasteiger partial charge in [-0.25, -0.2) is 0 Å². The highest BCUT2D eigenvalue weighted by molar-refractivity contribution is 9.10. The lowest BCUT2D eigenvalue weighted by molar-refractivity contribution is -0.129. The van der Waals surface area contributed by atoms with Crippen molar-refractivity contribution in [1.82, 2.24) is 4.90 Å². The lowest BCUT2D eigenvalue weighted by atomic mass is 10.2. The first-order chi connectivity index (χ1) is 9.99. The Kier molecular flexibility index (Phi) is 5.39. The third-order valence-corrected chi connectivity index (χ3v) is 4.71. The Morgan fingerprint density at radius 2 is 1.95 bits per heavy atom. The topological polar surface area (TPSA) is 40.6 Å². The molecule has 1 aliphatic rings. The van der Waals surface area contributed by atoms with Crippen LogP contribution in [0.3, 0.4) is 0 Å². The number of carbonyl (C=O) groups is 2. The van der Waals surface area contributed by atoms with Crippen molar-refractivity contribution in [2.24, 2.45) is 0 Å². The van der Waals surface area contributed by atoms with E-state index in [0.717, 1.165) is 41.7 Å². The summed E-state index contributed by atoms with van der Waals surface area (Å²) in [5.74, 6) is 0.102. The van der Waals surface area contributed by atoms with Gasteiger partial charge >= 0.3 is 0 Å². The maximum atomic E-state index is 12.1. The van der Waals surface area contributed by atoms with Gasteiger partial charge in [-0.1, -0.05) is 22.0 Å². The van der Waals surface area contributed by atoms with Crippen LogP contribution in [0.2, 0.25) is 0 Å². The molecule has 0 saturated carbocycles. The highest BCUT2D eigenvalue weighted by Crippen LogP contribution is 2.24. The molecule has 21 heavy (non-hydrogen) atoms. The molecule has 0 aromatic heterocycles. The van der Waals surface area contributed by atoms with Crippen LogP contribution in [0.5, 0.6) is 0 Å². The van der Waals surface area contributed by atoms with Crippen molar-refractivity contribution in [1.29, 1.82) is 0 Å². The molecule has 0 radical (unpaired) electrons. The predicted molar refractivity (Wildman–Crippen MR) is 87.3 cm³/mol. The Balaban J connectivity index is 2.03. The Morgan fingerprint density at radius 3 is 2.52 bits per heavy atom. The number of hydrogen-bond donors (Lipinski definition) is 0. The molecule has 1 aromatic carbocycles. The summed E-state index contributed by atoms with van der Waals surface area (Å²) in [5, 5.41) is 0. The summed E-state index contributed by atoms with van der Waals surface area (Å²) in [6.45, 7) is 5.68. The molecule has 0 bridgehead atoms. The predicted octanol–water partition coefficient (Wildman–Crippen LogP) is 3.12. The van der Waals surface area contributed by atoms with Crippen molar-refractivity contribution in [2.45, 2.75) is 33.1 Å². The molecule has 5 heteroatoms. The van der Waals surface area contributed by atoms with Crippen molar-refractivity contribution in [3.63, 3.8) is 0 Å². The summed E-state index contributed by atoms with van der Waals surface area (Å²) in [5.41, 5.74) is 1.95. The van der Waals surface area contributed by atoms with E-state index in [4.69, 9.17) is 0 Å². The molecular formula is C16H21BrN2O2. The fourth-order valence-corrected chi connectivity index (χ4v) is 2.92. The number of benzene rings is 1. The highest BCUT2D eigenvalue weighted by atomic mass is 79.9. The Labute approximate surface area is 134 Å². The first-order valence-corrected chi connectivity index (χ1v) is 8.10. The average molecular weight is 353 g/mol. The number of likely N-dealkylation sites (tertiary alicyclic amines) is 1. The maximum Gasteiger partial charge on any atom is 0.224 e. The van der Waals surface area contributed by atoms with Crippen molar-refractivity contribution < 1.29 is 9.59 Å². The molecule has 1 saturated heterocycles. The monoisotopic (exact) mass is 352 g/mol. The summed E-state index contributed by atoms with van der Waals surface area (Å²) < 4.78 is 0.970. The van der Waals surface area contributed by atoms with Gasteiger partial charge in [0.25, 0.3) is 0 Å². The number of carbonyl (C=O) groups excluding carboxylic acids is 2. The van der Waals surface area contributed by atoms with Crippen LogP contribution in [-0.4, -0.2) is 36.3 Å². The summed E-state index contributed by atoms with van der Waals surface area (Å²) in [7, 11) is 0. The SMILES string of the molecule is CC(=O)N(CCC(=O)N1CCCC1)c1ccc(C)c(Br)c1. The number of nitrogens with zero attached hydrogens (tertiary/aromatic N) is 2. The number of aryl methyl sites for hydroxylation is 1. The number of amides is 2. The Morgan fingerprint density at radius 1 is 1.29 bits per heavy atom. The van der Waals surface area contributed by atoms with Gasteiger partial charge in [0.1, 0.15) is 0 Å². The van der Waals surface area contributed by atoms with Crippen LogP contribution in [0, 0.1) is 6.92 Å². The number of rotatable bonds is 4. The molecule has 0 N–H and O–H groups in total. The summed E-state index contributed by atoms with van der Waals surface area (Å²) in [6.07, 6.45) is 2.56.